The molecule has 4 rings (SSSR count). The molecule has 0 radical (unpaired) electrons. The van der Waals surface area contributed by atoms with Crippen molar-refractivity contribution in [2.75, 3.05) is 41.8 Å². The quantitative estimate of drug-likeness (QED) is 0.431. The van der Waals surface area contributed by atoms with Gasteiger partial charge in [0.25, 0.3) is 11.8 Å². The fraction of sp³-hybridized carbons (Fsp3) is 0.296. The summed E-state index contributed by atoms with van der Waals surface area (Å²) in [6, 6.07) is 15.5. The number of benzene rings is 2. The number of carbonyl (C=O) groups is 2. The molecule has 0 unspecified atom stereocenters. The molecule has 36 heavy (non-hydrogen) atoms. The topological polar surface area (TPSA) is 125 Å². The van der Waals surface area contributed by atoms with E-state index in [4.69, 9.17) is 10.5 Å². The molecule has 2 N–H and O–H groups in total. The Hall–Kier alpha value is -4.29. The van der Waals surface area contributed by atoms with Crippen molar-refractivity contribution >= 4 is 29.1 Å². The number of morpholine rings is 1. The molecule has 0 atom stereocenters. The summed E-state index contributed by atoms with van der Waals surface area (Å²) in [5, 5.41) is 9.55. The lowest BCUT2D eigenvalue weighted by molar-refractivity contribution is 0.0894. The number of ether oxygens (including phenoxy) is 1. The highest BCUT2D eigenvalue weighted by molar-refractivity contribution is 6.25. The average Bonchev–Trinajstić information content (AvgIpc) is 2.91. The van der Waals surface area contributed by atoms with Crippen LogP contribution < -0.4 is 15.5 Å². The maximum Gasteiger partial charge on any atom is 0.284 e. The number of hydrogen-bond acceptors (Lipinski definition) is 8. The van der Waals surface area contributed by atoms with E-state index >= 15 is 0 Å². The number of amides is 2. The number of nitrogens with two attached hydrogens (primary N) is 1. The molecule has 0 saturated carbocycles. The van der Waals surface area contributed by atoms with E-state index in [1.807, 2.05) is 11.8 Å². The van der Waals surface area contributed by atoms with Crippen molar-refractivity contribution in [1.29, 1.82) is 5.26 Å². The molecule has 0 aliphatic carbocycles. The predicted octanol–water partition coefficient (Wildman–Crippen LogP) is 3.49. The Kier molecular flexibility index (Phi) is 6.99. The van der Waals surface area contributed by atoms with Gasteiger partial charge in [-0.25, -0.2) is 14.9 Å². The van der Waals surface area contributed by atoms with Gasteiger partial charge >= 0.3 is 0 Å². The fourth-order valence-electron chi connectivity index (χ4n) is 3.83. The first-order valence-corrected chi connectivity index (χ1v) is 11.6. The van der Waals surface area contributed by atoms with E-state index in [0.717, 1.165) is 10.5 Å². The molecule has 0 bridgehead atoms. The zero-order valence-electron chi connectivity index (χ0n) is 20.6. The Morgan fingerprint density at radius 3 is 2.56 bits per heavy atom. The highest BCUT2D eigenvalue weighted by Gasteiger charge is 2.29. The number of carbonyl (C=O) groups excluding carboxylic acids is 2. The number of aromatic nitrogens is 2. The Balaban J connectivity index is 1.77. The first-order chi connectivity index (χ1) is 17.2. The van der Waals surface area contributed by atoms with E-state index in [9.17, 15) is 14.9 Å². The van der Waals surface area contributed by atoms with Gasteiger partial charge in [-0.3, -0.25) is 9.59 Å². The lowest BCUT2D eigenvalue weighted by Gasteiger charge is -2.27. The standard InChI is InChI=1S/C27H28N6O3/c1-18-7-8-21(16-22(18)29)33(24(34)19-5-4-6-20(15-19)27(2,3)17-28)25(35)23-9-10-30-26(31-23)32-11-13-36-14-12-32/h4-10,15-16H,11-14,29H2,1-3H3. The molecular formula is C27H28N6O3. The van der Waals surface area contributed by atoms with Gasteiger partial charge in [0, 0.05) is 30.5 Å². The maximum absolute atomic E-state index is 13.8. The van der Waals surface area contributed by atoms with Crippen LogP contribution in [0.25, 0.3) is 0 Å². The number of hydrogen-bond donors (Lipinski definition) is 1. The summed E-state index contributed by atoms with van der Waals surface area (Å²) >= 11 is 0. The number of rotatable bonds is 5. The minimum Gasteiger partial charge on any atom is -0.398 e. The number of imide groups is 1. The number of nitrogens with zero attached hydrogens (tertiary/aromatic N) is 5. The summed E-state index contributed by atoms with van der Waals surface area (Å²) in [6.07, 6.45) is 1.51. The molecule has 1 fully saturated rings. The number of anilines is 3. The normalized spacial score (nSPS) is 13.7. The molecule has 2 aromatic carbocycles. The summed E-state index contributed by atoms with van der Waals surface area (Å²) in [7, 11) is 0. The summed E-state index contributed by atoms with van der Waals surface area (Å²) < 4.78 is 5.39. The molecule has 1 saturated heterocycles. The Bertz CT molecular complexity index is 1340. The zero-order valence-corrected chi connectivity index (χ0v) is 20.6. The van der Waals surface area contributed by atoms with E-state index in [1.165, 1.54) is 12.3 Å². The van der Waals surface area contributed by atoms with E-state index in [2.05, 4.69) is 16.0 Å². The van der Waals surface area contributed by atoms with E-state index in [1.54, 1.807) is 56.3 Å². The van der Waals surface area contributed by atoms with Crippen molar-refractivity contribution in [2.45, 2.75) is 26.2 Å². The molecule has 3 aromatic rings. The lowest BCUT2D eigenvalue weighted by Crippen LogP contribution is -2.39. The minimum atomic E-state index is -0.806. The molecule has 9 nitrogen and oxygen atoms in total. The van der Waals surface area contributed by atoms with Crippen LogP contribution in [0.15, 0.2) is 54.7 Å². The number of aryl methyl sites for hydroxylation is 1. The molecular weight excluding hydrogens is 456 g/mol. The van der Waals surface area contributed by atoms with Crippen LogP contribution in [0.1, 0.15) is 45.8 Å². The van der Waals surface area contributed by atoms with E-state index in [0.29, 0.717) is 49.2 Å². The van der Waals surface area contributed by atoms with Gasteiger partial charge in [-0.1, -0.05) is 18.2 Å². The third-order valence-electron chi connectivity index (χ3n) is 6.19. The Labute approximate surface area is 210 Å². The van der Waals surface area contributed by atoms with E-state index < -0.39 is 17.2 Å². The van der Waals surface area contributed by atoms with E-state index in [-0.39, 0.29) is 11.3 Å². The number of nitriles is 1. The Morgan fingerprint density at radius 1 is 1.11 bits per heavy atom. The van der Waals surface area contributed by atoms with Crippen LogP contribution in [0, 0.1) is 18.3 Å². The van der Waals surface area contributed by atoms with Crippen LogP contribution in [0.4, 0.5) is 17.3 Å². The molecule has 184 valence electrons. The highest BCUT2D eigenvalue weighted by atomic mass is 16.5. The van der Waals surface area contributed by atoms with Crippen LogP contribution in [-0.4, -0.2) is 48.1 Å². The Morgan fingerprint density at radius 2 is 1.86 bits per heavy atom. The van der Waals surface area contributed by atoms with Gasteiger partial charge in [-0.2, -0.15) is 5.26 Å². The van der Waals surface area contributed by atoms with Crippen LogP contribution in [0.3, 0.4) is 0 Å². The molecule has 1 aliphatic heterocycles. The highest BCUT2D eigenvalue weighted by Crippen LogP contribution is 2.27. The first kappa shape index (κ1) is 24.8. The monoisotopic (exact) mass is 484 g/mol. The predicted molar refractivity (Wildman–Crippen MR) is 137 cm³/mol. The maximum atomic E-state index is 13.8. The van der Waals surface area contributed by atoms with Crippen LogP contribution in [-0.2, 0) is 10.2 Å². The molecule has 1 aliphatic rings. The van der Waals surface area contributed by atoms with Gasteiger partial charge in [0.15, 0.2) is 0 Å². The van der Waals surface area contributed by atoms with Gasteiger partial charge in [-0.05, 0) is 62.2 Å². The fourth-order valence-corrected chi connectivity index (χ4v) is 3.83. The van der Waals surface area contributed by atoms with Crippen LogP contribution >= 0.6 is 0 Å². The third kappa shape index (κ3) is 5.04. The summed E-state index contributed by atoms with van der Waals surface area (Å²) in [5.74, 6) is -0.756. The van der Waals surface area contributed by atoms with Crippen molar-refractivity contribution in [1.82, 2.24) is 9.97 Å². The van der Waals surface area contributed by atoms with Gasteiger partial charge in [0.2, 0.25) is 5.95 Å². The first-order valence-electron chi connectivity index (χ1n) is 11.6. The van der Waals surface area contributed by atoms with Crippen molar-refractivity contribution in [3.8, 4) is 6.07 Å². The second kappa shape index (κ2) is 10.1. The largest absolute Gasteiger partial charge is 0.398 e. The van der Waals surface area contributed by atoms with Crippen LogP contribution in [0.2, 0.25) is 0 Å². The average molecular weight is 485 g/mol. The summed E-state index contributed by atoms with van der Waals surface area (Å²) in [4.78, 5) is 39.4. The van der Waals surface area contributed by atoms with Crippen LogP contribution in [0.5, 0.6) is 0 Å². The van der Waals surface area contributed by atoms with Gasteiger partial charge in [-0.15, -0.1) is 0 Å². The molecule has 0 spiro atoms. The summed E-state index contributed by atoms with van der Waals surface area (Å²) in [6.45, 7) is 7.70. The third-order valence-corrected chi connectivity index (χ3v) is 6.19. The van der Waals surface area contributed by atoms with Gasteiger partial charge < -0.3 is 15.4 Å². The SMILES string of the molecule is Cc1ccc(N(C(=O)c2cccc(C(C)(C)C#N)c2)C(=O)c2ccnc(N3CCOCC3)n2)cc1N. The molecule has 9 heteroatoms. The van der Waals surface area contributed by atoms with Crippen molar-refractivity contribution in [3.63, 3.8) is 0 Å². The van der Waals surface area contributed by atoms with Gasteiger partial charge in [0.05, 0.1) is 30.4 Å². The minimum absolute atomic E-state index is 0.0764. The molecule has 2 amide bonds. The van der Waals surface area contributed by atoms with Gasteiger partial charge in [0.1, 0.15) is 5.69 Å². The van der Waals surface area contributed by atoms with Crippen molar-refractivity contribution < 1.29 is 14.3 Å². The number of nitrogen functional groups attached to an aromatic ring is 1. The zero-order chi connectivity index (χ0) is 25.9. The molecule has 1 aromatic heterocycles. The van der Waals surface area contributed by atoms with Crippen molar-refractivity contribution in [3.05, 3.63) is 77.1 Å². The summed E-state index contributed by atoms with van der Waals surface area (Å²) in [5.41, 5.74) is 7.94. The molecule has 2 heterocycles. The smallest absolute Gasteiger partial charge is 0.284 e. The van der Waals surface area contributed by atoms with Crippen molar-refractivity contribution in [2.24, 2.45) is 0 Å². The second-order valence-electron chi connectivity index (χ2n) is 9.15. The lowest BCUT2D eigenvalue weighted by atomic mass is 9.85. The second-order valence-corrected chi connectivity index (χ2v) is 9.15.